The van der Waals surface area contributed by atoms with E-state index in [1.54, 1.807) is 43.3 Å². The van der Waals surface area contributed by atoms with Crippen LogP contribution in [0.25, 0.3) is 0 Å². The van der Waals surface area contributed by atoms with Crippen LogP contribution in [0.3, 0.4) is 0 Å². The Morgan fingerprint density at radius 3 is 2.02 bits per heavy atom. The van der Waals surface area contributed by atoms with E-state index in [1.165, 1.54) is 11.3 Å². The van der Waals surface area contributed by atoms with Crippen LogP contribution in [0, 0.1) is 13.8 Å². The largest absolute Gasteiger partial charge is 0.352 e. The number of rotatable bonds is 10. The summed E-state index contributed by atoms with van der Waals surface area (Å²) in [5.74, 6) is -0.693. The molecule has 41 heavy (non-hydrogen) atoms. The molecule has 1 aliphatic carbocycles. The number of anilines is 1. The van der Waals surface area contributed by atoms with Crippen molar-refractivity contribution >= 4 is 43.5 Å². The first kappa shape index (κ1) is 30.8. The van der Waals surface area contributed by atoms with E-state index in [2.05, 4.69) is 21.2 Å². The Morgan fingerprint density at radius 2 is 1.44 bits per heavy atom. The zero-order valence-corrected chi connectivity index (χ0v) is 26.2. The predicted molar refractivity (Wildman–Crippen MR) is 166 cm³/mol. The van der Waals surface area contributed by atoms with Crippen molar-refractivity contribution in [2.75, 3.05) is 10.8 Å². The quantitative estimate of drug-likeness (QED) is 0.289. The average Bonchev–Trinajstić information content (AvgIpc) is 2.96. The van der Waals surface area contributed by atoms with Gasteiger partial charge in [-0.15, -0.1) is 0 Å². The fourth-order valence-electron chi connectivity index (χ4n) is 5.02. The first-order chi connectivity index (χ1) is 19.5. The van der Waals surface area contributed by atoms with E-state index in [9.17, 15) is 18.0 Å². The number of carbonyl (C=O) groups excluding carboxylic acids is 2. The van der Waals surface area contributed by atoms with E-state index in [1.807, 2.05) is 50.2 Å². The number of carbonyl (C=O) groups is 2. The lowest BCUT2D eigenvalue weighted by atomic mass is 9.95. The summed E-state index contributed by atoms with van der Waals surface area (Å²) in [6.45, 7) is 5.23. The minimum atomic E-state index is -4.08. The van der Waals surface area contributed by atoms with Crippen molar-refractivity contribution in [2.24, 2.45) is 0 Å². The summed E-state index contributed by atoms with van der Waals surface area (Å²) in [4.78, 5) is 29.0. The Labute approximate surface area is 252 Å². The number of hydrogen-bond acceptors (Lipinski definition) is 4. The molecule has 1 aliphatic rings. The van der Waals surface area contributed by atoms with Crippen molar-refractivity contribution in [1.29, 1.82) is 0 Å². The molecule has 0 aromatic heterocycles. The third-order valence-corrected chi connectivity index (χ3v) is 9.91. The minimum absolute atomic E-state index is 0.0919. The van der Waals surface area contributed by atoms with Gasteiger partial charge in [-0.2, -0.15) is 0 Å². The molecule has 1 saturated carbocycles. The van der Waals surface area contributed by atoms with Gasteiger partial charge < -0.3 is 10.2 Å². The molecule has 0 radical (unpaired) electrons. The van der Waals surface area contributed by atoms with Gasteiger partial charge in [0.25, 0.3) is 10.0 Å². The second-order valence-corrected chi connectivity index (χ2v) is 13.6. The van der Waals surface area contributed by atoms with Crippen LogP contribution in [0.4, 0.5) is 5.69 Å². The highest BCUT2D eigenvalue weighted by molar-refractivity contribution is 9.10. The average molecular weight is 641 g/mol. The van der Waals surface area contributed by atoms with E-state index in [0.717, 1.165) is 51.2 Å². The third-order valence-electron chi connectivity index (χ3n) is 7.59. The van der Waals surface area contributed by atoms with Crippen molar-refractivity contribution in [1.82, 2.24) is 10.2 Å². The Balaban J connectivity index is 1.66. The van der Waals surface area contributed by atoms with Crippen LogP contribution >= 0.6 is 15.9 Å². The van der Waals surface area contributed by atoms with Crippen LogP contribution < -0.4 is 9.62 Å². The second-order valence-electron chi connectivity index (χ2n) is 10.8. The molecule has 1 atom stereocenters. The molecule has 0 saturated heterocycles. The van der Waals surface area contributed by atoms with Gasteiger partial charge in [0.1, 0.15) is 12.6 Å². The zero-order valence-electron chi connectivity index (χ0n) is 23.8. The van der Waals surface area contributed by atoms with Crippen LogP contribution in [0.2, 0.25) is 0 Å². The van der Waals surface area contributed by atoms with Crippen LogP contribution in [-0.4, -0.2) is 43.8 Å². The van der Waals surface area contributed by atoms with Gasteiger partial charge in [-0.3, -0.25) is 13.9 Å². The van der Waals surface area contributed by atoms with Gasteiger partial charge in [-0.05, 0) is 75.6 Å². The number of amides is 2. The monoisotopic (exact) mass is 639 g/mol. The molecule has 4 rings (SSSR count). The number of nitrogens with one attached hydrogen (secondary N) is 1. The number of benzene rings is 3. The molecule has 3 aromatic carbocycles. The number of nitrogens with zero attached hydrogens (tertiary/aromatic N) is 2. The standard InChI is InChI=1S/C32H38BrN3O4S/c1-23-9-17-29(18-10-23)36(41(39,40)30-19-11-24(2)12-20-30)22-31(37)35(21-26-13-15-27(33)16-14-26)25(3)32(38)34-28-7-5-4-6-8-28/h9-20,25,28H,4-8,21-22H2,1-3H3,(H,34,38)/t25-/m0/s1. The molecule has 0 spiro atoms. The lowest BCUT2D eigenvalue weighted by Gasteiger charge is -2.33. The second kappa shape index (κ2) is 13.7. The highest BCUT2D eigenvalue weighted by Gasteiger charge is 2.33. The van der Waals surface area contributed by atoms with Crippen LogP contribution in [-0.2, 0) is 26.2 Å². The van der Waals surface area contributed by atoms with Gasteiger partial charge in [0.15, 0.2) is 0 Å². The molecule has 0 bridgehead atoms. The van der Waals surface area contributed by atoms with Gasteiger partial charge >= 0.3 is 0 Å². The number of halogens is 1. The fraction of sp³-hybridized carbons (Fsp3) is 0.375. The molecule has 7 nitrogen and oxygen atoms in total. The van der Waals surface area contributed by atoms with Gasteiger partial charge in [0.05, 0.1) is 10.6 Å². The molecule has 3 aromatic rings. The zero-order chi connectivity index (χ0) is 29.6. The van der Waals surface area contributed by atoms with Gasteiger partial charge in [-0.1, -0.05) is 82.7 Å². The van der Waals surface area contributed by atoms with E-state index in [4.69, 9.17) is 0 Å². The number of sulfonamides is 1. The summed E-state index contributed by atoms with van der Waals surface area (Å²) in [6, 6.07) is 20.4. The number of aryl methyl sites for hydroxylation is 2. The van der Waals surface area contributed by atoms with Gasteiger partial charge in [0, 0.05) is 17.1 Å². The molecule has 9 heteroatoms. The molecule has 1 N–H and O–H groups in total. The summed E-state index contributed by atoms with van der Waals surface area (Å²) >= 11 is 3.44. The Morgan fingerprint density at radius 1 is 0.878 bits per heavy atom. The van der Waals surface area contributed by atoms with E-state index in [0.29, 0.717) is 5.69 Å². The van der Waals surface area contributed by atoms with Gasteiger partial charge in [-0.25, -0.2) is 8.42 Å². The van der Waals surface area contributed by atoms with E-state index >= 15 is 0 Å². The minimum Gasteiger partial charge on any atom is -0.352 e. The summed E-state index contributed by atoms with van der Waals surface area (Å²) in [5, 5.41) is 3.13. The first-order valence-corrected chi connectivity index (χ1v) is 16.3. The van der Waals surface area contributed by atoms with Crippen molar-refractivity contribution < 1.29 is 18.0 Å². The van der Waals surface area contributed by atoms with Crippen molar-refractivity contribution in [3.05, 3.63) is 94.0 Å². The van der Waals surface area contributed by atoms with Crippen LogP contribution in [0.5, 0.6) is 0 Å². The smallest absolute Gasteiger partial charge is 0.264 e. The molecule has 0 aliphatic heterocycles. The first-order valence-electron chi connectivity index (χ1n) is 14.0. The van der Waals surface area contributed by atoms with Crippen molar-refractivity contribution in [3.63, 3.8) is 0 Å². The van der Waals surface area contributed by atoms with Crippen molar-refractivity contribution in [2.45, 2.75) is 76.4 Å². The molecule has 1 fully saturated rings. The maximum absolute atomic E-state index is 14.1. The maximum Gasteiger partial charge on any atom is 0.264 e. The summed E-state index contributed by atoms with van der Waals surface area (Å²) in [5.41, 5.74) is 3.12. The molecular formula is C32H38BrN3O4S. The molecular weight excluding hydrogens is 602 g/mol. The summed E-state index contributed by atoms with van der Waals surface area (Å²) < 4.78 is 29.9. The van der Waals surface area contributed by atoms with E-state index in [-0.39, 0.29) is 23.4 Å². The highest BCUT2D eigenvalue weighted by Crippen LogP contribution is 2.26. The predicted octanol–water partition coefficient (Wildman–Crippen LogP) is 6.13. The molecule has 218 valence electrons. The number of hydrogen-bond donors (Lipinski definition) is 1. The topological polar surface area (TPSA) is 86.8 Å². The third kappa shape index (κ3) is 7.98. The Hall–Kier alpha value is -3.17. The van der Waals surface area contributed by atoms with Crippen molar-refractivity contribution in [3.8, 4) is 0 Å². The summed E-state index contributed by atoms with van der Waals surface area (Å²) in [7, 11) is -4.08. The molecule has 2 amide bonds. The lowest BCUT2D eigenvalue weighted by molar-refractivity contribution is -0.139. The molecule has 0 unspecified atom stereocenters. The Bertz CT molecular complexity index is 1440. The summed E-state index contributed by atoms with van der Waals surface area (Å²) in [6.07, 6.45) is 5.16. The lowest BCUT2D eigenvalue weighted by Crippen LogP contribution is -2.53. The van der Waals surface area contributed by atoms with E-state index < -0.39 is 28.5 Å². The van der Waals surface area contributed by atoms with Gasteiger partial charge in [0.2, 0.25) is 11.8 Å². The maximum atomic E-state index is 14.1. The van der Waals surface area contributed by atoms with Crippen LogP contribution in [0.15, 0.2) is 82.2 Å². The highest BCUT2D eigenvalue weighted by atomic mass is 79.9. The fourth-order valence-corrected chi connectivity index (χ4v) is 6.69. The molecule has 0 heterocycles. The van der Waals surface area contributed by atoms with Crippen LogP contribution in [0.1, 0.15) is 55.7 Å². The SMILES string of the molecule is Cc1ccc(N(CC(=O)N(Cc2ccc(Br)cc2)[C@@H](C)C(=O)NC2CCCCC2)S(=O)(=O)c2ccc(C)cc2)cc1. The normalized spacial score (nSPS) is 14.7. The Kier molecular flexibility index (Phi) is 10.3.